The van der Waals surface area contributed by atoms with Crippen LogP contribution in [0, 0.1) is 0 Å². The van der Waals surface area contributed by atoms with E-state index in [4.69, 9.17) is 0 Å². The predicted octanol–water partition coefficient (Wildman–Crippen LogP) is 13.7. The summed E-state index contributed by atoms with van der Waals surface area (Å²) >= 11 is 0. The third-order valence-corrected chi connectivity index (χ3v) is 10.7. The molecule has 0 nitrogen and oxygen atoms in total. The highest BCUT2D eigenvalue weighted by Crippen LogP contribution is 2.51. The molecule has 0 bridgehead atoms. The second-order valence-electron chi connectivity index (χ2n) is 13.2. The standard InChI is InChI=1S/C48H28/c1-4-15-35-29(10-1)22-27-42-46(35)47(41-26-24-32-21-20-30-13-9-14-31-23-25-40(41)44(32)43(30)31)38-18-7-8-19-39(38)48(42)45-36-16-5-2-11-33(36)28-34-12-3-6-17-37(34)45/h1-28H. The molecule has 11 aromatic carbocycles. The number of rotatable bonds is 2. The van der Waals surface area contributed by atoms with E-state index in [-0.39, 0.29) is 0 Å². The van der Waals surface area contributed by atoms with Crippen molar-refractivity contribution < 1.29 is 0 Å². The molecule has 0 heteroatoms. The fraction of sp³-hybridized carbons (Fsp3) is 0. The van der Waals surface area contributed by atoms with E-state index < -0.39 is 0 Å². The molecule has 0 spiro atoms. The average Bonchev–Trinajstić information content (AvgIpc) is 3.15. The Morgan fingerprint density at radius 3 is 1.38 bits per heavy atom. The van der Waals surface area contributed by atoms with E-state index in [1.807, 2.05) is 0 Å². The Morgan fingerprint density at radius 1 is 0.208 bits per heavy atom. The first-order valence-corrected chi connectivity index (χ1v) is 16.8. The summed E-state index contributed by atoms with van der Waals surface area (Å²) < 4.78 is 0. The maximum Gasteiger partial charge on any atom is -0.00137 e. The highest BCUT2D eigenvalue weighted by Gasteiger charge is 2.23. The molecule has 48 heavy (non-hydrogen) atoms. The van der Waals surface area contributed by atoms with Crippen LogP contribution in [0.3, 0.4) is 0 Å². The van der Waals surface area contributed by atoms with E-state index in [2.05, 4.69) is 170 Å². The molecule has 0 fully saturated rings. The molecule has 0 N–H and O–H groups in total. The van der Waals surface area contributed by atoms with Gasteiger partial charge in [0.15, 0.2) is 0 Å². The summed E-state index contributed by atoms with van der Waals surface area (Å²) in [7, 11) is 0. The Morgan fingerprint density at radius 2 is 0.667 bits per heavy atom. The van der Waals surface area contributed by atoms with Crippen molar-refractivity contribution in [2.24, 2.45) is 0 Å². The van der Waals surface area contributed by atoms with Crippen molar-refractivity contribution in [3.63, 3.8) is 0 Å². The third-order valence-electron chi connectivity index (χ3n) is 10.7. The molecule has 0 aliphatic carbocycles. The number of hydrogen-bond donors (Lipinski definition) is 0. The summed E-state index contributed by atoms with van der Waals surface area (Å²) in [6, 6.07) is 63.4. The Hall–Kier alpha value is -6.24. The molecule has 0 aliphatic heterocycles. The fourth-order valence-corrected chi connectivity index (χ4v) is 8.73. The molecular formula is C48H28. The van der Waals surface area contributed by atoms with Crippen LogP contribution in [0.25, 0.3) is 108 Å². The molecule has 0 amide bonds. The first kappa shape index (κ1) is 25.9. The van der Waals surface area contributed by atoms with E-state index in [9.17, 15) is 0 Å². The predicted molar refractivity (Wildman–Crippen MR) is 209 cm³/mol. The van der Waals surface area contributed by atoms with Crippen molar-refractivity contribution in [3.8, 4) is 22.3 Å². The normalized spacial score (nSPS) is 12.2. The largest absolute Gasteiger partial charge is 0.0616 e. The second kappa shape index (κ2) is 9.64. The summed E-state index contributed by atoms with van der Waals surface area (Å²) in [6.45, 7) is 0. The van der Waals surface area contributed by atoms with Gasteiger partial charge in [-0.2, -0.15) is 0 Å². The van der Waals surface area contributed by atoms with Gasteiger partial charge in [-0.15, -0.1) is 0 Å². The van der Waals surface area contributed by atoms with E-state index >= 15 is 0 Å². The molecule has 0 atom stereocenters. The highest BCUT2D eigenvalue weighted by molar-refractivity contribution is 6.34. The van der Waals surface area contributed by atoms with E-state index in [0.29, 0.717) is 0 Å². The molecule has 11 aromatic rings. The van der Waals surface area contributed by atoms with Crippen molar-refractivity contribution in [1.29, 1.82) is 0 Å². The maximum atomic E-state index is 2.38. The van der Waals surface area contributed by atoms with Crippen LogP contribution in [-0.4, -0.2) is 0 Å². The van der Waals surface area contributed by atoms with Gasteiger partial charge in [-0.25, -0.2) is 0 Å². The molecule has 0 saturated heterocycles. The van der Waals surface area contributed by atoms with E-state index in [0.717, 1.165) is 0 Å². The van der Waals surface area contributed by atoms with Crippen molar-refractivity contribution in [1.82, 2.24) is 0 Å². The summed E-state index contributed by atoms with van der Waals surface area (Å²) in [6.07, 6.45) is 0. The van der Waals surface area contributed by atoms with Crippen LogP contribution in [0.1, 0.15) is 0 Å². The van der Waals surface area contributed by atoms with Crippen molar-refractivity contribution in [2.45, 2.75) is 0 Å². The van der Waals surface area contributed by atoms with E-state index in [1.165, 1.54) is 108 Å². The molecule has 220 valence electrons. The Kier molecular flexibility index (Phi) is 5.20. The smallest absolute Gasteiger partial charge is 0.00137 e. The molecule has 0 aliphatic rings. The van der Waals surface area contributed by atoms with Crippen molar-refractivity contribution >= 4 is 86.2 Å². The molecule has 0 radical (unpaired) electrons. The van der Waals surface area contributed by atoms with Crippen LogP contribution in [0.5, 0.6) is 0 Å². The molecule has 0 heterocycles. The first-order valence-electron chi connectivity index (χ1n) is 16.8. The van der Waals surface area contributed by atoms with Crippen LogP contribution < -0.4 is 0 Å². The number of fused-ring (bicyclic) bond motifs is 6. The zero-order chi connectivity index (χ0) is 31.3. The average molecular weight is 605 g/mol. The Bertz CT molecular complexity index is 3040. The van der Waals surface area contributed by atoms with Gasteiger partial charge in [0.1, 0.15) is 0 Å². The molecule has 11 rings (SSSR count). The number of benzene rings is 11. The molecular weight excluding hydrogens is 577 g/mol. The van der Waals surface area contributed by atoms with Crippen LogP contribution in [0.4, 0.5) is 0 Å². The maximum absolute atomic E-state index is 2.38. The SMILES string of the molecule is c1ccc2c(-c3c4ccccc4c(-c4ccc5ccc6cccc7ccc4c5c67)c4c3ccc3ccccc34)c3ccccc3cc2c1. The Balaban J connectivity index is 1.41. The van der Waals surface area contributed by atoms with Crippen LogP contribution in [-0.2, 0) is 0 Å². The first-order chi connectivity index (χ1) is 23.8. The van der Waals surface area contributed by atoms with Gasteiger partial charge in [0.2, 0.25) is 0 Å². The lowest BCUT2D eigenvalue weighted by atomic mass is 9.80. The molecule has 0 unspecified atom stereocenters. The van der Waals surface area contributed by atoms with Gasteiger partial charge in [0.05, 0.1) is 0 Å². The summed E-state index contributed by atoms with van der Waals surface area (Å²) in [4.78, 5) is 0. The van der Waals surface area contributed by atoms with Crippen LogP contribution in [0.2, 0.25) is 0 Å². The topological polar surface area (TPSA) is 0 Å². The zero-order valence-corrected chi connectivity index (χ0v) is 26.2. The van der Waals surface area contributed by atoms with Crippen LogP contribution >= 0.6 is 0 Å². The minimum Gasteiger partial charge on any atom is -0.0616 e. The summed E-state index contributed by atoms with van der Waals surface area (Å²) in [5.74, 6) is 0. The van der Waals surface area contributed by atoms with Crippen molar-refractivity contribution in [3.05, 3.63) is 170 Å². The third kappa shape index (κ3) is 3.44. The van der Waals surface area contributed by atoms with Crippen LogP contribution in [0.15, 0.2) is 170 Å². The van der Waals surface area contributed by atoms with Gasteiger partial charge < -0.3 is 0 Å². The van der Waals surface area contributed by atoms with E-state index in [1.54, 1.807) is 0 Å². The second-order valence-corrected chi connectivity index (χ2v) is 13.2. The summed E-state index contributed by atoms with van der Waals surface area (Å²) in [5, 5.41) is 20.7. The highest BCUT2D eigenvalue weighted by atomic mass is 14.3. The minimum absolute atomic E-state index is 1.26. The lowest BCUT2D eigenvalue weighted by Gasteiger charge is -2.22. The monoisotopic (exact) mass is 604 g/mol. The quantitative estimate of drug-likeness (QED) is 0.136. The Labute approximate surface area is 277 Å². The lowest BCUT2D eigenvalue weighted by Crippen LogP contribution is -1.95. The molecule has 0 saturated carbocycles. The fourth-order valence-electron chi connectivity index (χ4n) is 8.73. The van der Waals surface area contributed by atoms with Crippen molar-refractivity contribution in [2.75, 3.05) is 0 Å². The lowest BCUT2D eigenvalue weighted by molar-refractivity contribution is 1.71. The van der Waals surface area contributed by atoms with Gasteiger partial charge in [0, 0.05) is 0 Å². The molecule has 0 aromatic heterocycles. The number of hydrogen-bond acceptors (Lipinski definition) is 0. The van der Waals surface area contributed by atoms with Gasteiger partial charge in [-0.05, 0) is 114 Å². The minimum atomic E-state index is 1.26. The summed E-state index contributed by atoms with van der Waals surface area (Å²) in [5.41, 5.74) is 5.21. The van der Waals surface area contributed by atoms with Gasteiger partial charge in [-0.3, -0.25) is 0 Å². The van der Waals surface area contributed by atoms with Gasteiger partial charge >= 0.3 is 0 Å². The van der Waals surface area contributed by atoms with Gasteiger partial charge in [0.25, 0.3) is 0 Å². The zero-order valence-electron chi connectivity index (χ0n) is 26.2. The van der Waals surface area contributed by atoms with Gasteiger partial charge in [-0.1, -0.05) is 164 Å².